The summed E-state index contributed by atoms with van der Waals surface area (Å²) in [5, 5.41) is 0. The van der Waals surface area contributed by atoms with Gasteiger partial charge in [0.1, 0.15) is 0 Å². The smallest absolute Gasteiger partial charge is 0.00905 e. The monoisotopic (exact) mass is 222 g/mol. The Morgan fingerprint density at radius 3 is 2.69 bits per heavy atom. The minimum absolute atomic E-state index is 0.642. The van der Waals surface area contributed by atoms with Gasteiger partial charge < -0.3 is 0 Å². The highest BCUT2D eigenvalue weighted by Gasteiger charge is 2.36. The third-order valence-electron chi connectivity index (χ3n) is 4.54. The molecule has 0 aliphatic heterocycles. The van der Waals surface area contributed by atoms with Gasteiger partial charge in [0.25, 0.3) is 0 Å². The second kappa shape index (κ2) is 6.47. The number of rotatable bonds is 1. The lowest BCUT2D eigenvalue weighted by Gasteiger charge is -2.41. The minimum Gasteiger partial charge on any atom is -0.0848 e. The lowest BCUT2D eigenvalue weighted by Crippen LogP contribution is -2.28. The predicted octanol–water partition coefficient (Wildman–Crippen LogP) is 5.73. The summed E-state index contributed by atoms with van der Waals surface area (Å²) in [6.45, 7) is 8.82. The Kier molecular flexibility index (Phi) is 5.58. The van der Waals surface area contributed by atoms with E-state index in [1.807, 2.05) is 19.4 Å². The standard InChI is InChI=1S/C14H24.C2H6/c1-3-14-9-6-4-5-7-13(14)11-12(2)8-10-14;1-2/h7,12H,3-6,8-11H2,1-2H3;1-2H3/t12-,14-;/m0./s1. The molecule has 1 fully saturated rings. The van der Waals surface area contributed by atoms with Gasteiger partial charge in [-0.1, -0.05) is 45.8 Å². The SMILES string of the molecule is CC.CC[C@@]12CCCCC=C1C[C@@H](C)CC2. The van der Waals surface area contributed by atoms with Crippen LogP contribution in [0.2, 0.25) is 0 Å². The summed E-state index contributed by atoms with van der Waals surface area (Å²) in [7, 11) is 0. The molecule has 2 atom stereocenters. The first-order valence-corrected chi connectivity index (χ1v) is 7.46. The molecule has 0 nitrogen and oxygen atoms in total. The van der Waals surface area contributed by atoms with Gasteiger partial charge in [0, 0.05) is 0 Å². The highest BCUT2D eigenvalue weighted by molar-refractivity contribution is 5.19. The lowest BCUT2D eigenvalue weighted by atomic mass is 9.64. The molecule has 94 valence electrons. The zero-order valence-corrected chi connectivity index (χ0v) is 11.8. The summed E-state index contributed by atoms with van der Waals surface area (Å²) >= 11 is 0. The molecule has 0 spiro atoms. The van der Waals surface area contributed by atoms with Crippen molar-refractivity contribution in [2.45, 2.75) is 79.1 Å². The maximum atomic E-state index is 2.59. The van der Waals surface area contributed by atoms with Crippen LogP contribution in [0.15, 0.2) is 11.6 Å². The van der Waals surface area contributed by atoms with Gasteiger partial charge >= 0.3 is 0 Å². The number of hydrogen-bond acceptors (Lipinski definition) is 0. The average molecular weight is 222 g/mol. The van der Waals surface area contributed by atoms with Gasteiger partial charge in [0.2, 0.25) is 0 Å². The molecule has 0 heteroatoms. The van der Waals surface area contributed by atoms with Gasteiger partial charge in [0.05, 0.1) is 0 Å². The van der Waals surface area contributed by atoms with E-state index in [0.717, 1.165) is 5.92 Å². The molecule has 2 rings (SSSR count). The van der Waals surface area contributed by atoms with Gasteiger partial charge in [-0.25, -0.2) is 0 Å². The second-order valence-corrected chi connectivity index (χ2v) is 5.46. The maximum absolute atomic E-state index is 2.59. The Bertz CT molecular complexity index is 226. The highest BCUT2D eigenvalue weighted by atomic mass is 14.4. The fourth-order valence-corrected chi connectivity index (χ4v) is 3.43. The van der Waals surface area contributed by atoms with Crippen molar-refractivity contribution in [2.75, 3.05) is 0 Å². The molecular weight excluding hydrogens is 192 g/mol. The van der Waals surface area contributed by atoms with Gasteiger partial charge in [-0.15, -0.1) is 0 Å². The normalized spacial score (nSPS) is 34.0. The van der Waals surface area contributed by atoms with Crippen molar-refractivity contribution in [2.24, 2.45) is 11.3 Å². The largest absolute Gasteiger partial charge is 0.0848 e. The number of allylic oxidation sites excluding steroid dienone is 2. The first-order chi connectivity index (χ1) is 7.77. The predicted molar refractivity (Wildman–Crippen MR) is 73.6 cm³/mol. The third kappa shape index (κ3) is 2.90. The van der Waals surface area contributed by atoms with Crippen LogP contribution in [-0.4, -0.2) is 0 Å². The van der Waals surface area contributed by atoms with E-state index in [0.29, 0.717) is 5.41 Å². The molecule has 16 heavy (non-hydrogen) atoms. The van der Waals surface area contributed by atoms with E-state index in [1.54, 1.807) is 0 Å². The molecule has 0 unspecified atom stereocenters. The molecule has 2 aliphatic rings. The molecule has 0 saturated heterocycles. The van der Waals surface area contributed by atoms with Crippen LogP contribution in [0.4, 0.5) is 0 Å². The van der Waals surface area contributed by atoms with E-state index in [4.69, 9.17) is 0 Å². The molecule has 0 aromatic carbocycles. The van der Waals surface area contributed by atoms with Crippen molar-refractivity contribution in [3.63, 3.8) is 0 Å². The number of hydrogen-bond donors (Lipinski definition) is 0. The fraction of sp³-hybridized carbons (Fsp3) is 0.875. The molecule has 1 saturated carbocycles. The zero-order chi connectivity index (χ0) is 12.0. The van der Waals surface area contributed by atoms with E-state index < -0.39 is 0 Å². The van der Waals surface area contributed by atoms with Gasteiger partial charge in [-0.05, 0) is 56.3 Å². The van der Waals surface area contributed by atoms with E-state index >= 15 is 0 Å². The zero-order valence-electron chi connectivity index (χ0n) is 11.8. The second-order valence-electron chi connectivity index (χ2n) is 5.46. The Morgan fingerprint density at radius 2 is 2.00 bits per heavy atom. The third-order valence-corrected chi connectivity index (χ3v) is 4.54. The molecule has 0 radical (unpaired) electrons. The van der Waals surface area contributed by atoms with Crippen LogP contribution < -0.4 is 0 Å². The van der Waals surface area contributed by atoms with E-state index in [9.17, 15) is 0 Å². The van der Waals surface area contributed by atoms with Crippen molar-refractivity contribution in [3.8, 4) is 0 Å². The quantitative estimate of drug-likeness (QED) is 0.497. The Hall–Kier alpha value is -0.260. The van der Waals surface area contributed by atoms with Crippen LogP contribution in [0.1, 0.15) is 79.1 Å². The summed E-state index contributed by atoms with van der Waals surface area (Å²) in [5.41, 5.74) is 2.47. The highest BCUT2D eigenvalue weighted by Crippen LogP contribution is 2.50. The summed E-state index contributed by atoms with van der Waals surface area (Å²) in [5.74, 6) is 0.944. The van der Waals surface area contributed by atoms with E-state index in [2.05, 4.69) is 19.9 Å². The van der Waals surface area contributed by atoms with Crippen LogP contribution in [0.3, 0.4) is 0 Å². The van der Waals surface area contributed by atoms with Crippen LogP contribution in [-0.2, 0) is 0 Å². The van der Waals surface area contributed by atoms with E-state index in [-0.39, 0.29) is 0 Å². The maximum Gasteiger partial charge on any atom is -0.00905 e. The van der Waals surface area contributed by atoms with Gasteiger partial charge in [0.15, 0.2) is 0 Å². The van der Waals surface area contributed by atoms with Crippen LogP contribution in [0.25, 0.3) is 0 Å². The Balaban J connectivity index is 0.000000606. The molecule has 0 bridgehead atoms. The molecule has 0 heterocycles. The minimum atomic E-state index is 0.642. The fourth-order valence-electron chi connectivity index (χ4n) is 3.43. The number of fused-ring (bicyclic) bond motifs is 1. The Morgan fingerprint density at radius 1 is 1.25 bits per heavy atom. The van der Waals surface area contributed by atoms with Crippen LogP contribution >= 0.6 is 0 Å². The van der Waals surface area contributed by atoms with Crippen LogP contribution in [0, 0.1) is 11.3 Å². The Labute approximate surface area is 103 Å². The summed E-state index contributed by atoms with van der Waals surface area (Å²) < 4.78 is 0. The molecular formula is C16H30. The van der Waals surface area contributed by atoms with Crippen molar-refractivity contribution >= 4 is 0 Å². The summed E-state index contributed by atoms with van der Waals surface area (Å²) in [6, 6.07) is 0. The van der Waals surface area contributed by atoms with Crippen LogP contribution in [0.5, 0.6) is 0 Å². The molecule has 0 aromatic rings. The van der Waals surface area contributed by atoms with Crippen molar-refractivity contribution in [3.05, 3.63) is 11.6 Å². The average Bonchev–Trinajstić information content (AvgIpc) is 2.54. The van der Waals surface area contributed by atoms with Crippen molar-refractivity contribution in [1.82, 2.24) is 0 Å². The summed E-state index contributed by atoms with van der Waals surface area (Å²) in [4.78, 5) is 0. The molecule has 0 aromatic heterocycles. The lowest BCUT2D eigenvalue weighted by molar-refractivity contribution is 0.210. The van der Waals surface area contributed by atoms with Gasteiger partial charge in [-0.3, -0.25) is 0 Å². The first-order valence-electron chi connectivity index (χ1n) is 7.46. The molecule has 2 aliphatic carbocycles. The molecule has 0 amide bonds. The summed E-state index contributed by atoms with van der Waals surface area (Å²) in [6.07, 6.45) is 14.0. The van der Waals surface area contributed by atoms with Crippen molar-refractivity contribution in [1.29, 1.82) is 0 Å². The topological polar surface area (TPSA) is 0 Å². The van der Waals surface area contributed by atoms with Gasteiger partial charge in [-0.2, -0.15) is 0 Å². The van der Waals surface area contributed by atoms with E-state index in [1.165, 1.54) is 51.4 Å². The first kappa shape index (κ1) is 13.8. The van der Waals surface area contributed by atoms with Crippen molar-refractivity contribution < 1.29 is 0 Å². The molecule has 0 N–H and O–H groups in total.